The third-order valence-electron chi connectivity index (χ3n) is 11.8. The summed E-state index contributed by atoms with van der Waals surface area (Å²) in [6.45, 7) is 16.3. The standard InChI is InChI=1S/C32H37N5O5.C16H17N3O4.C2H6/c1-7-33-32(40)31-35-34-30(25-13-24(18(2)3)26(38)14-27(25)39)37(31)23-9-8-21-16-36(17-22(21)12-23)15-20-10-28(41-5)19(4)29(11-20)42-6;1-2-13(20)17-11-5-3-4-9-10(11)8-19(16(9)23)12-6-7-14(21)18-15(12)22;1-2/h8-14,18,38-39H,7,15-17H2,1-6H3,(H,33,40);3-5,12H,2,6-8H2,1H3,(H,17,20)(H,18,21,22);1-2H3. The lowest BCUT2D eigenvalue weighted by molar-refractivity contribution is -0.137. The van der Waals surface area contributed by atoms with Crippen LogP contribution in [0.1, 0.15) is 121 Å². The second-order valence-corrected chi connectivity index (χ2v) is 16.5. The van der Waals surface area contributed by atoms with E-state index in [9.17, 15) is 34.2 Å². The lowest BCUT2D eigenvalue weighted by Crippen LogP contribution is -2.52. The van der Waals surface area contributed by atoms with Crippen molar-refractivity contribution in [2.45, 2.75) is 106 Å². The molecule has 1 atom stereocenters. The highest BCUT2D eigenvalue weighted by Gasteiger charge is 2.40. The fourth-order valence-corrected chi connectivity index (χ4v) is 8.46. The molecule has 5 N–H and O–H groups in total. The van der Waals surface area contributed by atoms with Crippen LogP contribution < -0.4 is 25.4 Å². The average Bonchev–Trinajstić information content (AvgIpc) is 4.03. The molecule has 0 bridgehead atoms. The van der Waals surface area contributed by atoms with Gasteiger partial charge in [0.1, 0.15) is 29.0 Å². The molecule has 1 saturated heterocycles. The molecule has 3 aliphatic rings. The molecule has 1 aromatic heterocycles. The Hall–Kier alpha value is -7.27. The monoisotopic (exact) mass is 916 g/mol. The van der Waals surface area contributed by atoms with Gasteiger partial charge in [0.05, 0.1) is 19.8 Å². The van der Waals surface area contributed by atoms with Crippen LogP contribution in [0.25, 0.3) is 17.1 Å². The molecule has 17 heteroatoms. The number of nitrogens with one attached hydrogen (secondary N) is 3. The molecule has 4 aromatic carbocycles. The van der Waals surface area contributed by atoms with E-state index in [0.29, 0.717) is 71.9 Å². The first-order valence-corrected chi connectivity index (χ1v) is 22.6. The summed E-state index contributed by atoms with van der Waals surface area (Å²) in [5.74, 6) is 0.348. The molecule has 0 saturated carbocycles. The van der Waals surface area contributed by atoms with E-state index in [-0.39, 0.29) is 59.8 Å². The van der Waals surface area contributed by atoms with Crippen LogP contribution in [-0.2, 0) is 40.6 Å². The highest BCUT2D eigenvalue weighted by molar-refractivity contribution is 6.06. The number of carbonyl (C=O) groups is 5. The van der Waals surface area contributed by atoms with Gasteiger partial charge in [0.2, 0.25) is 23.5 Å². The van der Waals surface area contributed by atoms with Gasteiger partial charge >= 0.3 is 0 Å². The van der Waals surface area contributed by atoms with E-state index < -0.39 is 11.9 Å². The molecular formula is C50H60N8O9. The molecule has 1 fully saturated rings. The third kappa shape index (κ3) is 10.4. The van der Waals surface area contributed by atoms with Gasteiger partial charge in [0, 0.05) is 79.7 Å². The second-order valence-electron chi connectivity index (χ2n) is 16.5. The minimum atomic E-state index is -0.651. The first kappa shape index (κ1) is 49.2. The molecule has 0 spiro atoms. The lowest BCUT2D eigenvalue weighted by atomic mass is 9.98. The molecule has 0 radical (unpaired) electrons. The van der Waals surface area contributed by atoms with Crippen molar-refractivity contribution in [3.63, 3.8) is 0 Å². The minimum Gasteiger partial charge on any atom is -0.508 e. The Balaban J connectivity index is 0.000000249. The van der Waals surface area contributed by atoms with Crippen LogP contribution in [0, 0.1) is 6.92 Å². The van der Waals surface area contributed by atoms with Gasteiger partial charge in [-0.3, -0.25) is 38.8 Å². The maximum atomic E-state index is 13.0. The molecule has 5 aromatic rings. The highest BCUT2D eigenvalue weighted by atomic mass is 16.5. The van der Waals surface area contributed by atoms with Crippen molar-refractivity contribution in [2.24, 2.45) is 0 Å². The highest BCUT2D eigenvalue weighted by Crippen LogP contribution is 2.39. The molecular weight excluding hydrogens is 857 g/mol. The summed E-state index contributed by atoms with van der Waals surface area (Å²) in [4.78, 5) is 64.3. The van der Waals surface area contributed by atoms with Crippen molar-refractivity contribution < 1.29 is 43.7 Å². The summed E-state index contributed by atoms with van der Waals surface area (Å²) in [6.07, 6.45) is 0.880. The van der Waals surface area contributed by atoms with Gasteiger partial charge in [-0.2, -0.15) is 0 Å². The zero-order valence-electron chi connectivity index (χ0n) is 39.6. The van der Waals surface area contributed by atoms with Crippen molar-refractivity contribution in [1.29, 1.82) is 0 Å². The number of amides is 5. The van der Waals surface area contributed by atoms with Crippen molar-refractivity contribution >= 4 is 35.2 Å². The van der Waals surface area contributed by atoms with Crippen LogP contribution in [-0.4, -0.2) is 91.1 Å². The predicted molar refractivity (Wildman–Crippen MR) is 252 cm³/mol. The second kappa shape index (κ2) is 21.4. The summed E-state index contributed by atoms with van der Waals surface area (Å²) < 4.78 is 12.8. The molecule has 3 aliphatic heterocycles. The molecule has 17 nitrogen and oxygen atoms in total. The molecule has 8 rings (SSSR count). The van der Waals surface area contributed by atoms with Crippen molar-refractivity contribution in [2.75, 3.05) is 26.1 Å². The number of carbonyl (C=O) groups excluding carboxylic acids is 5. The van der Waals surface area contributed by atoms with E-state index in [1.807, 2.05) is 65.8 Å². The fourth-order valence-electron chi connectivity index (χ4n) is 8.46. The zero-order valence-corrected chi connectivity index (χ0v) is 39.6. The van der Waals surface area contributed by atoms with Gasteiger partial charge in [0.25, 0.3) is 11.8 Å². The number of phenolic OH excluding ortho intramolecular Hbond substituents is 2. The number of rotatable bonds is 12. The first-order valence-electron chi connectivity index (χ1n) is 22.6. The predicted octanol–water partition coefficient (Wildman–Crippen LogP) is 6.88. The molecule has 1 unspecified atom stereocenters. The van der Waals surface area contributed by atoms with Crippen LogP contribution in [0.4, 0.5) is 5.69 Å². The van der Waals surface area contributed by atoms with Crippen LogP contribution in [0.5, 0.6) is 23.0 Å². The number of piperidine rings is 1. The average molecular weight is 917 g/mol. The summed E-state index contributed by atoms with van der Waals surface area (Å²) in [7, 11) is 3.32. The van der Waals surface area contributed by atoms with Gasteiger partial charge in [-0.15, -0.1) is 10.2 Å². The summed E-state index contributed by atoms with van der Waals surface area (Å²) in [5, 5.41) is 37.7. The third-order valence-corrected chi connectivity index (χ3v) is 11.8. The van der Waals surface area contributed by atoms with Gasteiger partial charge in [-0.05, 0) is 90.9 Å². The number of aromatic hydroxyl groups is 2. The Labute approximate surface area is 390 Å². The molecule has 0 aliphatic carbocycles. The van der Waals surface area contributed by atoms with Crippen LogP contribution in [0.15, 0.2) is 60.7 Å². The van der Waals surface area contributed by atoms with E-state index in [0.717, 1.165) is 34.7 Å². The molecule has 67 heavy (non-hydrogen) atoms. The van der Waals surface area contributed by atoms with E-state index in [4.69, 9.17) is 9.47 Å². The van der Waals surface area contributed by atoms with Crippen LogP contribution in [0.2, 0.25) is 0 Å². The number of hydrogen-bond acceptors (Lipinski definition) is 12. The van der Waals surface area contributed by atoms with E-state index >= 15 is 0 Å². The quantitative estimate of drug-likeness (QED) is 0.0810. The molecule has 4 heterocycles. The summed E-state index contributed by atoms with van der Waals surface area (Å²) >= 11 is 0. The number of imide groups is 1. The maximum Gasteiger partial charge on any atom is 0.289 e. The largest absolute Gasteiger partial charge is 0.508 e. The van der Waals surface area contributed by atoms with Crippen LogP contribution >= 0.6 is 0 Å². The Morgan fingerprint density at radius 2 is 1.58 bits per heavy atom. The van der Waals surface area contributed by atoms with Gasteiger partial charge in [-0.1, -0.05) is 46.8 Å². The zero-order chi connectivity index (χ0) is 48.7. The number of ether oxygens (including phenoxy) is 2. The Kier molecular flexibility index (Phi) is 15.7. The summed E-state index contributed by atoms with van der Waals surface area (Å²) in [5.41, 5.74) is 7.90. The maximum absolute atomic E-state index is 13.0. The Morgan fingerprint density at radius 1 is 0.881 bits per heavy atom. The Morgan fingerprint density at radius 3 is 2.22 bits per heavy atom. The number of nitrogens with zero attached hydrogens (tertiary/aromatic N) is 5. The lowest BCUT2D eigenvalue weighted by Gasteiger charge is -2.29. The summed E-state index contributed by atoms with van der Waals surface area (Å²) in [6, 6.07) is 17.6. The topological polar surface area (TPSA) is 218 Å². The van der Waals surface area contributed by atoms with E-state index in [1.165, 1.54) is 16.5 Å². The molecule has 354 valence electrons. The number of hydrogen-bond donors (Lipinski definition) is 5. The first-order chi connectivity index (χ1) is 32.1. The fraction of sp³-hybridized carbons (Fsp3) is 0.380. The minimum absolute atomic E-state index is 0.00250. The number of aromatic nitrogens is 3. The number of phenols is 2. The SMILES string of the molecule is CC.CCC(=O)Nc1cccc2c1CN(C1CCC(=O)NC1=O)C2=O.CCNC(=O)c1nnc(-c2cc(C(C)C)c(O)cc2O)n1-c1ccc2c(c1)CN(Cc1cc(OC)c(C)c(OC)c1)C2. The Bertz CT molecular complexity index is 2670. The number of benzene rings is 4. The van der Waals surface area contributed by atoms with E-state index in [1.54, 1.807) is 50.0 Å². The number of methoxy groups -OCH3 is 2. The smallest absolute Gasteiger partial charge is 0.289 e. The van der Waals surface area contributed by atoms with E-state index in [2.05, 4.69) is 37.1 Å². The van der Waals surface area contributed by atoms with Crippen molar-refractivity contribution in [3.05, 3.63) is 105 Å². The van der Waals surface area contributed by atoms with Crippen molar-refractivity contribution in [3.8, 4) is 40.1 Å². The van der Waals surface area contributed by atoms with Crippen molar-refractivity contribution in [1.82, 2.24) is 35.2 Å². The van der Waals surface area contributed by atoms with Crippen LogP contribution in [0.3, 0.4) is 0 Å². The van der Waals surface area contributed by atoms with Gasteiger partial charge in [0.15, 0.2) is 5.82 Å². The normalized spacial score (nSPS) is 15.2. The number of fused-ring (bicyclic) bond motifs is 2. The van der Waals surface area contributed by atoms with Gasteiger partial charge in [-0.25, -0.2) is 0 Å². The molecule has 5 amide bonds. The van der Waals surface area contributed by atoms with Gasteiger partial charge < -0.3 is 35.2 Å². The number of anilines is 1.